The van der Waals surface area contributed by atoms with Gasteiger partial charge in [-0.1, -0.05) is 13.3 Å². The topological polar surface area (TPSA) is 41.6 Å². The van der Waals surface area contributed by atoms with Crippen LogP contribution in [0, 0.1) is 5.92 Å². The average molecular weight is 268 g/mol. The van der Waals surface area contributed by atoms with E-state index in [0.717, 1.165) is 44.9 Å². The van der Waals surface area contributed by atoms with Gasteiger partial charge in [0, 0.05) is 13.1 Å². The summed E-state index contributed by atoms with van der Waals surface area (Å²) in [6.07, 6.45) is 6.68. The SMILES string of the molecule is CCC1CCN(C(=O)CCOC2CCNCC2)CC1. The highest BCUT2D eigenvalue weighted by Gasteiger charge is 2.21. The molecule has 0 atom stereocenters. The summed E-state index contributed by atoms with van der Waals surface area (Å²) < 4.78 is 5.80. The molecule has 2 rings (SSSR count). The predicted octanol–water partition coefficient (Wildman–Crippen LogP) is 1.79. The fourth-order valence-electron chi connectivity index (χ4n) is 3.02. The highest BCUT2D eigenvalue weighted by molar-refractivity contribution is 5.76. The maximum absolute atomic E-state index is 12.1. The second-order valence-corrected chi connectivity index (χ2v) is 5.80. The van der Waals surface area contributed by atoms with E-state index in [1.54, 1.807) is 0 Å². The van der Waals surface area contributed by atoms with Gasteiger partial charge < -0.3 is 15.0 Å². The molecule has 4 heteroatoms. The molecule has 2 aliphatic heterocycles. The van der Waals surface area contributed by atoms with Crippen LogP contribution in [0.15, 0.2) is 0 Å². The molecule has 0 spiro atoms. The molecule has 2 saturated heterocycles. The van der Waals surface area contributed by atoms with E-state index in [2.05, 4.69) is 12.2 Å². The summed E-state index contributed by atoms with van der Waals surface area (Å²) in [5, 5.41) is 3.32. The van der Waals surface area contributed by atoms with Crippen LogP contribution in [0.5, 0.6) is 0 Å². The number of piperidine rings is 2. The van der Waals surface area contributed by atoms with E-state index >= 15 is 0 Å². The molecular weight excluding hydrogens is 240 g/mol. The number of hydrogen-bond acceptors (Lipinski definition) is 3. The van der Waals surface area contributed by atoms with Crippen molar-refractivity contribution in [1.29, 1.82) is 0 Å². The van der Waals surface area contributed by atoms with E-state index in [1.807, 2.05) is 4.90 Å². The van der Waals surface area contributed by atoms with Gasteiger partial charge >= 0.3 is 0 Å². The molecule has 1 amide bonds. The van der Waals surface area contributed by atoms with Gasteiger partial charge in [0.1, 0.15) is 0 Å². The molecule has 0 aromatic rings. The first-order valence-corrected chi connectivity index (χ1v) is 7.89. The van der Waals surface area contributed by atoms with Gasteiger partial charge in [-0.05, 0) is 44.7 Å². The fraction of sp³-hybridized carbons (Fsp3) is 0.933. The number of ether oxygens (including phenoxy) is 1. The first-order chi connectivity index (χ1) is 9.29. The number of nitrogens with one attached hydrogen (secondary N) is 1. The molecular formula is C15H28N2O2. The van der Waals surface area contributed by atoms with E-state index in [4.69, 9.17) is 4.74 Å². The van der Waals surface area contributed by atoms with Crippen molar-refractivity contribution < 1.29 is 9.53 Å². The van der Waals surface area contributed by atoms with Gasteiger partial charge in [-0.2, -0.15) is 0 Å². The Morgan fingerprint density at radius 2 is 1.89 bits per heavy atom. The van der Waals surface area contributed by atoms with Crippen molar-refractivity contribution in [2.75, 3.05) is 32.8 Å². The van der Waals surface area contributed by atoms with Crippen molar-refractivity contribution in [1.82, 2.24) is 10.2 Å². The van der Waals surface area contributed by atoms with E-state index < -0.39 is 0 Å². The van der Waals surface area contributed by atoms with Gasteiger partial charge in [-0.25, -0.2) is 0 Å². The zero-order valence-electron chi connectivity index (χ0n) is 12.2. The third kappa shape index (κ3) is 4.77. The van der Waals surface area contributed by atoms with Gasteiger partial charge in [-0.15, -0.1) is 0 Å². The maximum atomic E-state index is 12.1. The third-order valence-corrected chi connectivity index (χ3v) is 4.50. The largest absolute Gasteiger partial charge is 0.378 e. The van der Waals surface area contributed by atoms with Crippen LogP contribution in [-0.4, -0.2) is 49.7 Å². The summed E-state index contributed by atoms with van der Waals surface area (Å²) in [5.41, 5.74) is 0. The van der Waals surface area contributed by atoms with Crippen molar-refractivity contribution in [3.05, 3.63) is 0 Å². The molecule has 4 nitrogen and oxygen atoms in total. The quantitative estimate of drug-likeness (QED) is 0.826. The Kier molecular flexibility index (Phi) is 6.11. The van der Waals surface area contributed by atoms with Crippen molar-refractivity contribution in [2.24, 2.45) is 5.92 Å². The predicted molar refractivity (Wildman–Crippen MR) is 76.1 cm³/mol. The molecule has 19 heavy (non-hydrogen) atoms. The first kappa shape index (κ1) is 14.8. The van der Waals surface area contributed by atoms with Crippen LogP contribution in [0.2, 0.25) is 0 Å². The Morgan fingerprint density at radius 3 is 2.53 bits per heavy atom. The van der Waals surface area contributed by atoms with Crippen molar-refractivity contribution in [3.63, 3.8) is 0 Å². The molecule has 0 unspecified atom stereocenters. The van der Waals surface area contributed by atoms with Gasteiger partial charge in [0.05, 0.1) is 19.1 Å². The van der Waals surface area contributed by atoms with Crippen molar-refractivity contribution in [2.45, 2.75) is 51.6 Å². The Hall–Kier alpha value is -0.610. The van der Waals surface area contributed by atoms with E-state index in [-0.39, 0.29) is 5.91 Å². The summed E-state index contributed by atoms with van der Waals surface area (Å²) in [7, 11) is 0. The Balaban J connectivity index is 1.59. The normalized spacial score (nSPS) is 22.7. The molecule has 110 valence electrons. The minimum Gasteiger partial charge on any atom is -0.378 e. The van der Waals surface area contributed by atoms with Gasteiger partial charge in [0.2, 0.25) is 5.91 Å². The van der Waals surface area contributed by atoms with Crippen LogP contribution in [0.25, 0.3) is 0 Å². The number of hydrogen-bond donors (Lipinski definition) is 1. The lowest BCUT2D eigenvalue weighted by molar-refractivity contribution is -0.134. The standard InChI is InChI=1S/C15H28N2O2/c1-2-13-5-10-17(11-6-13)15(18)7-12-19-14-3-8-16-9-4-14/h13-14,16H,2-12H2,1H3. The fourth-order valence-corrected chi connectivity index (χ4v) is 3.02. The van der Waals surface area contributed by atoms with Gasteiger partial charge in [-0.3, -0.25) is 4.79 Å². The lowest BCUT2D eigenvalue weighted by Crippen LogP contribution is -2.39. The summed E-state index contributed by atoms with van der Waals surface area (Å²) in [6.45, 7) is 6.83. The molecule has 0 aromatic heterocycles. The summed E-state index contributed by atoms with van der Waals surface area (Å²) >= 11 is 0. The Morgan fingerprint density at radius 1 is 1.21 bits per heavy atom. The Bertz CT molecular complexity index is 269. The van der Waals surface area contributed by atoms with Crippen LogP contribution >= 0.6 is 0 Å². The van der Waals surface area contributed by atoms with E-state index in [1.165, 1.54) is 19.3 Å². The van der Waals surface area contributed by atoms with Crippen LogP contribution in [0.3, 0.4) is 0 Å². The van der Waals surface area contributed by atoms with E-state index in [0.29, 0.717) is 19.1 Å². The maximum Gasteiger partial charge on any atom is 0.224 e. The third-order valence-electron chi connectivity index (χ3n) is 4.50. The summed E-state index contributed by atoms with van der Waals surface area (Å²) in [6, 6.07) is 0. The Labute approximate surface area is 116 Å². The van der Waals surface area contributed by atoms with Gasteiger partial charge in [0.15, 0.2) is 0 Å². The summed E-state index contributed by atoms with van der Waals surface area (Å²) in [4.78, 5) is 14.1. The van der Waals surface area contributed by atoms with Crippen LogP contribution in [0.1, 0.15) is 45.4 Å². The number of carbonyl (C=O) groups is 1. The smallest absolute Gasteiger partial charge is 0.224 e. The van der Waals surface area contributed by atoms with Crippen molar-refractivity contribution in [3.8, 4) is 0 Å². The minimum atomic E-state index is 0.281. The molecule has 2 aliphatic rings. The lowest BCUT2D eigenvalue weighted by Gasteiger charge is -2.31. The number of rotatable bonds is 5. The second-order valence-electron chi connectivity index (χ2n) is 5.80. The molecule has 2 heterocycles. The molecule has 1 N–H and O–H groups in total. The molecule has 0 saturated carbocycles. The van der Waals surface area contributed by atoms with Crippen LogP contribution < -0.4 is 5.32 Å². The molecule has 0 bridgehead atoms. The second kappa shape index (κ2) is 7.85. The average Bonchev–Trinajstić information content (AvgIpc) is 2.48. The summed E-state index contributed by atoms with van der Waals surface area (Å²) in [5.74, 6) is 1.11. The molecule has 2 fully saturated rings. The number of nitrogens with zero attached hydrogens (tertiary/aromatic N) is 1. The van der Waals surface area contributed by atoms with Crippen LogP contribution in [-0.2, 0) is 9.53 Å². The zero-order chi connectivity index (χ0) is 13.5. The number of amides is 1. The number of likely N-dealkylation sites (tertiary alicyclic amines) is 1. The van der Waals surface area contributed by atoms with Gasteiger partial charge in [0.25, 0.3) is 0 Å². The lowest BCUT2D eigenvalue weighted by atomic mass is 9.94. The molecule has 0 aliphatic carbocycles. The zero-order valence-corrected chi connectivity index (χ0v) is 12.2. The monoisotopic (exact) mass is 268 g/mol. The molecule has 0 radical (unpaired) electrons. The van der Waals surface area contributed by atoms with Crippen LogP contribution in [0.4, 0.5) is 0 Å². The number of carbonyl (C=O) groups excluding carboxylic acids is 1. The minimum absolute atomic E-state index is 0.281. The first-order valence-electron chi connectivity index (χ1n) is 7.89. The van der Waals surface area contributed by atoms with E-state index in [9.17, 15) is 4.79 Å². The highest BCUT2D eigenvalue weighted by Crippen LogP contribution is 2.20. The molecule has 0 aromatic carbocycles. The van der Waals surface area contributed by atoms with Crippen molar-refractivity contribution >= 4 is 5.91 Å². The highest BCUT2D eigenvalue weighted by atomic mass is 16.5.